The van der Waals surface area contributed by atoms with E-state index in [4.69, 9.17) is 16.3 Å². The van der Waals surface area contributed by atoms with E-state index in [0.717, 1.165) is 11.1 Å². The molecule has 26 heavy (non-hydrogen) atoms. The van der Waals surface area contributed by atoms with Crippen LogP contribution in [-0.4, -0.2) is 23.7 Å². The molecule has 0 heterocycles. The zero-order chi connectivity index (χ0) is 18.9. The average molecular weight is 374 g/mol. The molecular formula is C18H16ClN3O4. The van der Waals surface area contributed by atoms with Gasteiger partial charge in [0.1, 0.15) is 5.75 Å². The van der Waals surface area contributed by atoms with Crippen molar-refractivity contribution in [2.45, 2.75) is 6.92 Å². The third-order valence-electron chi connectivity index (χ3n) is 3.24. The number of amides is 1. The molecule has 0 saturated heterocycles. The summed E-state index contributed by atoms with van der Waals surface area (Å²) < 4.78 is 5.34. The topological polar surface area (TPSA) is 93.8 Å². The molecule has 0 bridgehead atoms. The van der Waals surface area contributed by atoms with Crippen LogP contribution >= 0.6 is 11.6 Å². The van der Waals surface area contributed by atoms with E-state index >= 15 is 0 Å². The number of allylic oxidation sites excluding steroid dienone is 1. The van der Waals surface area contributed by atoms with Crippen molar-refractivity contribution in [3.05, 3.63) is 74.8 Å². The second-order valence-corrected chi connectivity index (χ2v) is 5.63. The molecule has 2 aromatic rings. The summed E-state index contributed by atoms with van der Waals surface area (Å²) in [6.45, 7) is 1.67. The Morgan fingerprint density at radius 3 is 2.69 bits per heavy atom. The Morgan fingerprint density at radius 2 is 2.04 bits per heavy atom. The molecule has 8 heteroatoms. The summed E-state index contributed by atoms with van der Waals surface area (Å²) in [4.78, 5) is 21.7. The Kier molecular flexibility index (Phi) is 6.87. The molecule has 1 amide bonds. The van der Waals surface area contributed by atoms with Crippen molar-refractivity contribution in [1.29, 1.82) is 0 Å². The lowest BCUT2D eigenvalue weighted by Crippen LogP contribution is -2.24. The van der Waals surface area contributed by atoms with Crippen molar-refractivity contribution in [3.8, 4) is 5.75 Å². The Labute approximate surface area is 155 Å². The van der Waals surface area contributed by atoms with E-state index < -0.39 is 10.8 Å². The smallest absolute Gasteiger partial charge is 0.277 e. The van der Waals surface area contributed by atoms with E-state index in [2.05, 4.69) is 10.5 Å². The minimum Gasteiger partial charge on any atom is -0.484 e. The zero-order valence-electron chi connectivity index (χ0n) is 13.9. The van der Waals surface area contributed by atoms with Gasteiger partial charge in [0.2, 0.25) is 0 Å². The molecule has 0 aliphatic rings. The number of hydrazone groups is 1. The molecule has 1 N–H and O–H groups in total. The van der Waals surface area contributed by atoms with Crippen LogP contribution in [-0.2, 0) is 4.79 Å². The predicted octanol–water partition coefficient (Wildman–Crippen LogP) is 3.75. The number of aryl methyl sites for hydroxylation is 1. The fourth-order valence-corrected chi connectivity index (χ4v) is 2.02. The van der Waals surface area contributed by atoms with E-state index in [1.54, 1.807) is 42.5 Å². The van der Waals surface area contributed by atoms with E-state index in [-0.39, 0.29) is 12.3 Å². The molecule has 0 unspecified atom stereocenters. The van der Waals surface area contributed by atoms with E-state index in [9.17, 15) is 14.9 Å². The predicted molar refractivity (Wildman–Crippen MR) is 100 cm³/mol. The van der Waals surface area contributed by atoms with Crippen molar-refractivity contribution in [2.24, 2.45) is 5.10 Å². The van der Waals surface area contributed by atoms with Gasteiger partial charge in [-0.15, -0.1) is 0 Å². The van der Waals surface area contributed by atoms with Gasteiger partial charge >= 0.3 is 0 Å². The summed E-state index contributed by atoms with van der Waals surface area (Å²) in [6, 6.07) is 11.2. The van der Waals surface area contributed by atoms with Gasteiger partial charge in [-0.2, -0.15) is 5.10 Å². The van der Waals surface area contributed by atoms with Crippen molar-refractivity contribution in [3.63, 3.8) is 0 Å². The maximum absolute atomic E-state index is 11.6. The van der Waals surface area contributed by atoms with Gasteiger partial charge in [-0.1, -0.05) is 17.7 Å². The Bertz CT molecular complexity index is 848. The first-order valence-corrected chi connectivity index (χ1v) is 7.95. The highest BCUT2D eigenvalue weighted by atomic mass is 35.5. The number of hydrogen-bond acceptors (Lipinski definition) is 5. The number of nitrogens with zero attached hydrogens (tertiary/aromatic N) is 2. The molecule has 7 nitrogen and oxygen atoms in total. The van der Waals surface area contributed by atoms with Crippen molar-refractivity contribution < 1.29 is 14.5 Å². The van der Waals surface area contributed by atoms with Crippen LogP contribution in [0, 0.1) is 17.0 Å². The molecule has 134 valence electrons. The summed E-state index contributed by atoms with van der Waals surface area (Å²) in [5.41, 5.74) is 3.99. The van der Waals surface area contributed by atoms with Crippen LogP contribution in [0.2, 0.25) is 5.02 Å². The number of carbonyl (C=O) groups excluding carboxylic acids is 1. The normalized spacial score (nSPS) is 11.0. The second-order valence-electron chi connectivity index (χ2n) is 5.22. The number of nitro benzene ring substituents is 1. The maximum Gasteiger partial charge on any atom is 0.277 e. The SMILES string of the molecule is Cc1cc(OCC(=O)N/N=C\C=C\c2ccc([N+](=O)[O-])cc2)ccc1Cl. The van der Waals surface area contributed by atoms with Gasteiger partial charge in [0.05, 0.1) is 4.92 Å². The summed E-state index contributed by atoms with van der Waals surface area (Å²) in [5, 5.41) is 14.9. The van der Waals surface area contributed by atoms with Crippen LogP contribution in [0.4, 0.5) is 5.69 Å². The lowest BCUT2D eigenvalue weighted by molar-refractivity contribution is -0.384. The van der Waals surface area contributed by atoms with Crippen LogP contribution < -0.4 is 10.2 Å². The molecule has 0 aromatic heterocycles. The third kappa shape index (κ3) is 6.03. The van der Waals surface area contributed by atoms with Crippen molar-refractivity contribution in [1.82, 2.24) is 5.43 Å². The number of carbonyl (C=O) groups is 1. The molecule has 0 aliphatic carbocycles. The molecule has 0 saturated carbocycles. The largest absolute Gasteiger partial charge is 0.484 e. The van der Waals surface area contributed by atoms with E-state index in [1.165, 1.54) is 18.3 Å². The van der Waals surface area contributed by atoms with Gasteiger partial charge in [-0.25, -0.2) is 5.43 Å². The number of benzene rings is 2. The summed E-state index contributed by atoms with van der Waals surface area (Å²) in [6.07, 6.45) is 4.70. The average Bonchev–Trinajstić information content (AvgIpc) is 2.63. The van der Waals surface area contributed by atoms with Gasteiger partial charge in [0.25, 0.3) is 11.6 Å². The van der Waals surface area contributed by atoms with Gasteiger partial charge < -0.3 is 4.74 Å². The van der Waals surface area contributed by atoms with Gasteiger partial charge in [0.15, 0.2) is 6.61 Å². The highest BCUT2D eigenvalue weighted by Crippen LogP contribution is 2.20. The van der Waals surface area contributed by atoms with Crippen molar-refractivity contribution >= 4 is 35.5 Å². The monoisotopic (exact) mass is 373 g/mol. The van der Waals surface area contributed by atoms with Gasteiger partial charge in [-0.05, 0) is 54.5 Å². The lowest BCUT2D eigenvalue weighted by atomic mass is 10.2. The second kappa shape index (κ2) is 9.33. The van der Waals surface area contributed by atoms with E-state index in [0.29, 0.717) is 10.8 Å². The standard InChI is InChI=1S/C18H16ClN3O4/c1-13-11-16(8-9-17(13)19)26-12-18(23)21-20-10-2-3-14-4-6-15(7-5-14)22(24)25/h2-11H,12H2,1H3,(H,21,23)/b3-2+,20-10-. The number of rotatable bonds is 7. The zero-order valence-corrected chi connectivity index (χ0v) is 14.6. The van der Waals surface area contributed by atoms with Crippen LogP contribution in [0.15, 0.2) is 53.6 Å². The summed E-state index contributed by atoms with van der Waals surface area (Å²) in [7, 11) is 0. The number of nitrogens with one attached hydrogen (secondary N) is 1. The molecule has 0 spiro atoms. The number of nitro groups is 1. The van der Waals surface area contributed by atoms with Crippen LogP contribution in [0.3, 0.4) is 0 Å². The summed E-state index contributed by atoms with van der Waals surface area (Å²) >= 11 is 5.92. The molecular weight excluding hydrogens is 358 g/mol. The third-order valence-corrected chi connectivity index (χ3v) is 3.67. The highest BCUT2D eigenvalue weighted by molar-refractivity contribution is 6.31. The minimum absolute atomic E-state index is 0.0268. The number of ether oxygens (including phenoxy) is 1. The molecule has 2 rings (SSSR count). The molecule has 0 radical (unpaired) electrons. The Hall–Kier alpha value is -3.19. The van der Waals surface area contributed by atoms with E-state index in [1.807, 2.05) is 6.92 Å². The molecule has 0 atom stereocenters. The fourth-order valence-electron chi connectivity index (χ4n) is 1.90. The summed E-state index contributed by atoms with van der Waals surface area (Å²) in [5.74, 6) is 0.140. The maximum atomic E-state index is 11.6. The Balaban J connectivity index is 1.75. The number of non-ortho nitro benzene ring substituents is 1. The lowest BCUT2D eigenvalue weighted by Gasteiger charge is -2.06. The molecule has 2 aromatic carbocycles. The first kappa shape index (κ1) is 19.1. The van der Waals surface area contributed by atoms with Crippen LogP contribution in [0.5, 0.6) is 5.75 Å². The van der Waals surface area contributed by atoms with Crippen LogP contribution in [0.1, 0.15) is 11.1 Å². The first-order valence-electron chi connectivity index (χ1n) is 7.57. The Morgan fingerprint density at radius 1 is 1.31 bits per heavy atom. The highest BCUT2D eigenvalue weighted by Gasteiger charge is 2.03. The molecule has 0 aliphatic heterocycles. The minimum atomic E-state index is -0.460. The number of hydrogen-bond donors (Lipinski definition) is 1. The quantitative estimate of drug-likeness (QED) is 0.454. The van der Waals surface area contributed by atoms with Gasteiger partial charge in [-0.3, -0.25) is 14.9 Å². The van der Waals surface area contributed by atoms with Crippen LogP contribution in [0.25, 0.3) is 6.08 Å². The first-order chi connectivity index (χ1) is 12.5. The van der Waals surface area contributed by atoms with Crippen molar-refractivity contribution in [2.75, 3.05) is 6.61 Å². The fraction of sp³-hybridized carbons (Fsp3) is 0.111. The van der Waals surface area contributed by atoms with Gasteiger partial charge in [0, 0.05) is 23.4 Å². The number of halogens is 1. The molecule has 0 fully saturated rings.